The molecule has 2 aliphatic heterocycles. The van der Waals surface area contributed by atoms with Gasteiger partial charge in [-0.3, -0.25) is 10.0 Å². The number of nitrogens with zero attached hydrogens (tertiary/aromatic N) is 3. The summed E-state index contributed by atoms with van der Waals surface area (Å²) in [5, 5.41) is 6.25. The monoisotopic (exact) mass is 167 g/mol. The molecule has 0 N–H and O–H groups in total. The lowest BCUT2D eigenvalue weighted by atomic mass is 10.2. The predicted molar refractivity (Wildman–Crippen MR) is 47.5 cm³/mol. The zero-order valence-electron chi connectivity index (χ0n) is 7.23. The van der Waals surface area contributed by atoms with E-state index in [4.69, 9.17) is 4.74 Å². The van der Waals surface area contributed by atoms with Crippen LogP contribution in [0.15, 0.2) is 10.1 Å². The second kappa shape index (κ2) is 3.23. The van der Waals surface area contributed by atoms with Crippen LogP contribution in [0.4, 0.5) is 0 Å². The van der Waals surface area contributed by atoms with Gasteiger partial charge in [-0.05, 0) is 0 Å². The van der Waals surface area contributed by atoms with Crippen molar-refractivity contribution in [2.75, 3.05) is 20.3 Å². The highest BCUT2D eigenvalue weighted by Gasteiger charge is 2.24. The van der Waals surface area contributed by atoms with Crippen molar-refractivity contribution >= 4 is 11.9 Å². The fraction of sp³-hybridized carbons (Fsp3) is 0.750. The van der Waals surface area contributed by atoms with Crippen molar-refractivity contribution in [2.45, 2.75) is 19.0 Å². The van der Waals surface area contributed by atoms with Crippen LogP contribution in [0.5, 0.6) is 0 Å². The fourth-order valence-electron chi connectivity index (χ4n) is 1.57. The van der Waals surface area contributed by atoms with Gasteiger partial charge in [0.1, 0.15) is 6.17 Å². The van der Waals surface area contributed by atoms with Crippen LogP contribution in [0.2, 0.25) is 0 Å². The summed E-state index contributed by atoms with van der Waals surface area (Å²) in [5.74, 6) is 0. The molecular weight excluding hydrogens is 154 g/mol. The van der Waals surface area contributed by atoms with Gasteiger partial charge >= 0.3 is 0 Å². The van der Waals surface area contributed by atoms with Crippen molar-refractivity contribution in [3.63, 3.8) is 0 Å². The average molecular weight is 167 g/mol. The topological polar surface area (TPSA) is 37.2 Å². The summed E-state index contributed by atoms with van der Waals surface area (Å²) < 4.78 is 5.04. The third-order valence-corrected chi connectivity index (χ3v) is 2.16. The van der Waals surface area contributed by atoms with E-state index in [1.807, 2.05) is 11.2 Å². The number of fused-ring (bicyclic) bond motifs is 1. The van der Waals surface area contributed by atoms with E-state index in [9.17, 15) is 0 Å². The van der Waals surface area contributed by atoms with Gasteiger partial charge in [-0.25, -0.2) is 0 Å². The van der Waals surface area contributed by atoms with Crippen LogP contribution in [0.25, 0.3) is 0 Å². The van der Waals surface area contributed by atoms with Crippen molar-refractivity contribution in [1.29, 1.82) is 0 Å². The predicted octanol–water partition coefficient (Wildman–Crippen LogP) is 0.495. The quantitative estimate of drug-likeness (QED) is 0.600. The van der Waals surface area contributed by atoms with Gasteiger partial charge in [-0.2, -0.15) is 5.10 Å². The van der Waals surface area contributed by atoms with Gasteiger partial charge in [0.25, 0.3) is 0 Å². The summed E-state index contributed by atoms with van der Waals surface area (Å²) >= 11 is 0. The highest BCUT2D eigenvalue weighted by atomic mass is 16.5. The molecule has 4 heteroatoms. The van der Waals surface area contributed by atoms with Crippen LogP contribution in [-0.2, 0) is 4.74 Å². The number of aliphatic imine (C=N–C) groups is 1. The molecule has 1 atom stereocenters. The van der Waals surface area contributed by atoms with Crippen molar-refractivity contribution in [3.8, 4) is 0 Å². The molecule has 66 valence electrons. The van der Waals surface area contributed by atoms with Crippen molar-refractivity contribution in [2.24, 2.45) is 10.1 Å². The summed E-state index contributed by atoms with van der Waals surface area (Å²) in [6.45, 7) is 1.66. The second-order valence-corrected chi connectivity index (χ2v) is 3.06. The largest absolute Gasteiger partial charge is 0.379 e. The Kier molecular flexibility index (Phi) is 2.08. The molecule has 0 aliphatic carbocycles. The molecule has 0 aromatic carbocycles. The van der Waals surface area contributed by atoms with Crippen LogP contribution in [-0.4, -0.2) is 43.4 Å². The molecule has 0 radical (unpaired) electrons. The zero-order valence-corrected chi connectivity index (χ0v) is 7.23. The zero-order chi connectivity index (χ0) is 8.39. The van der Waals surface area contributed by atoms with Gasteiger partial charge in [0.2, 0.25) is 0 Å². The summed E-state index contributed by atoms with van der Waals surface area (Å²) in [5.41, 5.74) is 1.17. The van der Waals surface area contributed by atoms with Gasteiger partial charge in [0, 0.05) is 38.4 Å². The third-order valence-electron chi connectivity index (χ3n) is 2.16. The molecule has 2 heterocycles. The van der Waals surface area contributed by atoms with Gasteiger partial charge in [-0.1, -0.05) is 0 Å². The molecule has 12 heavy (non-hydrogen) atoms. The van der Waals surface area contributed by atoms with E-state index < -0.39 is 0 Å². The highest BCUT2D eigenvalue weighted by molar-refractivity contribution is 5.86. The highest BCUT2D eigenvalue weighted by Crippen LogP contribution is 2.17. The fourth-order valence-corrected chi connectivity index (χ4v) is 1.57. The van der Waals surface area contributed by atoms with Crippen molar-refractivity contribution in [3.05, 3.63) is 0 Å². The van der Waals surface area contributed by atoms with Gasteiger partial charge in [0.05, 0.1) is 6.61 Å². The SMILES string of the molecule is COCC1=NC2CC=NN2CC1. The van der Waals surface area contributed by atoms with E-state index in [0.717, 1.165) is 19.4 Å². The first-order chi connectivity index (χ1) is 5.90. The summed E-state index contributed by atoms with van der Waals surface area (Å²) in [4.78, 5) is 4.53. The lowest BCUT2D eigenvalue weighted by Crippen LogP contribution is -2.34. The molecule has 0 saturated carbocycles. The molecule has 2 rings (SSSR count). The summed E-state index contributed by atoms with van der Waals surface area (Å²) in [7, 11) is 1.71. The maximum atomic E-state index is 5.04. The molecule has 4 nitrogen and oxygen atoms in total. The molecule has 0 spiro atoms. The molecular formula is C8H13N3O. The van der Waals surface area contributed by atoms with E-state index >= 15 is 0 Å². The molecule has 0 amide bonds. The van der Waals surface area contributed by atoms with Crippen LogP contribution in [0.3, 0.4) is 0 Å². The van der Waals surface area contributed by atoms with Gasteiger partial charge < -0.3 is 4.74 Å². The van der Waals surface area contributed by atoms with E-state index in [2.05, 4.69) is 10.1 Å². The Morgan fingerprint density at radius 2 is 2.67 bits per heavy atom. The molecule has 1 unspecified atom stereocenters. The molecule has 2 aliphatic rings. The minimum absolute atomic E-state index is 0.267. The smallest absolute Gasteiger partial charge is 0.141 e. The van der Waals surface area contributed by atoms with E-state index in [1.54, 1.807) is 7.11 Å². The molecule has 0 aromatic rings. The number of hydrogen-bond acceptors (Lipinski definition) is 4. The number of hydrogen-bond donors (Lipinski definition) is 0. The normalized spacial score (nSPS) is 27.2. The number of rotatable bonds is 2. The van der Waals surface area contributed by atoms with Crippen LogP contribution < -0.4 is 0 Å². The Morgan fingerprint density at radius 3 is 3.50 bits per heavy atom. The Morgan fingerprint density at radius 1 is 1.75 bits per heavy atom. The molecule has 0 aromatic heterocycles. The van der Waals surface area contributed by atoms with E-state index in [1.165, 1.54) is 5.71 Å². The van der Waals surface area contributed by atoms with Gasteiger partial charge in [-0.15, -0.1) is 0 Å². The average Bonchev–Trinajstić information content (AvgIpc) is 2.51. The van der Waals surface area contributed by atoms with Crippen LogP contribution >= 0.6 is 0 Å². The Labute approximate surface area is 71.9 Å². The van der Waals surface area contributed by atoms with Gasteiger partial charge in [0.15, 0.2) is 0 Å². The van der Waals surface area contributed by atoms with E-state index in [0.29, 0.717) is 6.61 Å². The minimum Gasteiger partial charge on any atom is -0.379 e. The lowest BCUT2D eigenvalue weighted by molar-refractivity contribution is 0.212. The first-order valence-electron chi connectivity index (χ1n) is 4.23. The Hall–Kier alpha value is -0.900. The number of ether oxygens (including phenoxy) is 1. The Bertz CT molecular complexity index is 224. The maximum absolute atomic E-state index is 5.04. The van der Waals surface area contributed by atoms with Crippen molar-refractivity contribution < 1.29 is 4.74 Å². The second-order valence-electron chi connectivity index (χ2n) is 3.06. The lowest BCUT2D eigenvalue weighted by Gasteiger charge is -2.26. The number of methoxy groups -OCH3 is 1. The summed E-state index contributed by atoms with van der Waals surface area (Å²) in [6, 6.07) is 0. The minimum atomic E-state index is 0.267. The maximum Gasteiger partial charge on any atom is 0.141 e. The summed E-state index contributed by atoms with van der Waals surface area (Å²) in [6.07, 6.45) is 4.14. The molecule has 0 fully saturated rings. The third kappa shape index (κ3) is 1.34. The Balaban J connectivity index is 2.02. The van der Waals surface area contributed by atoms with E-state index in [-0.39, 0.29) is 6.17 Å². The van der Waals surface area contributed by atoms with Crippen LogP contribution in [0, 0.1) is 0 Å². The first-order valence-corrected chi connectivity index (χ1v) is 4.23. The number of hydrazone groups is 1. The molecule has 0 saturated heterocycles. The molecule has 0 bridgehead atoms. The first kappa shape index (κ1) is 7.73. The van der Waals surface area contributed by atoms with Crippen molar-refractivity contribution in [1.82, 2.24) is 5.01 Å². The standard InChI is InChI=1S/C8H13N3O/c1-12-6-7-3-5-11-8(10-7)2-4-9-11/h4,8H,2-3,5-6H2,1H3. The van der Waals surface area contributed by atoms with Crippen LogP contribution in [0.1, 0.15) is 12.8 Å².